The smallest absolute Gasteiger partial charge is 0.213 e. The Morgan fingerprint density at radius 3 is 2.31 bits per heavy atom. The van der Waals surface area contributed by atoms with Gasteiger partial charge in [0.05, 0.1) is 7.11 Å². The predicted molar refractivity (Wildman–Crippen MR) is 165 cm³/mol. The average molecular weight is 532 g/mol. The summed E-state index contributed by atoms with van der Waals surface area (Å²) >= 11 is 0. The molecule has 1 aromatic heterocycles. The first-order valence-corrected chi connectivity index (χ1v) is 13.3. The molecular weight excluding hydrogens is 486 g/mol. The molecule has 3 rings (SSSR count). The Bertz CT molecular complexity index is 1100. The van der Waals surface area contributed by atoms with Gasteiger partial charge in [-0.05, 0) is 54.0 Å². The molecule has 210 valence electrons. The molecule has 0 saturated heterocycles. The molecule has 0 bridgehead atoms. The number of anilines is 1. The second-order valence-corrected chi connectivity index (χ2v) is 7.32. The molecule has 2 aromatic carbocycles. The first-order valence-electron chi connectivity index (χ1n) is 13.3. The van der Waals surface area contributed by atoms with E-state index in [4.69, 9.17) is 9.47 Å². The van der Waals surface area contributed by atoms with Gasteiger partial charge >= 0.3 is 0 Å². The van der Waals surface area contributed by atoms with Gasteiger partial charge in [-0.1, -0.05) is 88.9 Å². The Kier molecular flexibility index (Phi) is 21.4. The molecule has 1 heterocycles. The van der Waals surface area contributed by atoms with Crippen LogP contribution in [0.2, 0.25) is 0 Å². The molecular formula is C33H45N3O3. The molecule has 0 aliphatic rings. The Morgan fingerprint density at radius 1 is 0.949 bits per heavy atom. The minimum Gasteiger partial charge on any atom is -0.489 e. The van der Waals surface area contributed by atoms with Crippen LogP contribution in [0.15, 0.2) is 109 Å². The van der Waals surface area contributed by atoms with Crippen LogP contribution in [0.3, 0.4) is 0 Å². The van der Waals surface area contributed by atoms with Crippen molar-refractivity contribution >= 4 is 12.1 Å². The van der Waals surface area contributed by atoms with Gasteiger partial charge in [0.15, 0.2) is 0 Å². The van der Waals surface area contributed by atoms with Crippen LogP contribution < -0.4 is 20.1 Å². The largest absolute Gasteiger partial charge is 0.489 e. The molecule has 39 heavy (non-hydrogen) atoms. The van der Waals surface area contributed by atoms with Crippen molar-refractivity contribution in [1.29, 1.82) is 0 Å². The quantitative estimate of drug-likeness (QED) is 0.185. The number of benzene rings is 2. The van der Waals surface area contributed by atoms with E-state index in [9.17, 15) is 4.79 Å². The van der Waals surface area contributed by atoms with Crippen LogP contribution in [0.25, 0.3) is 0 Å². The van der Waals surface area contributed by atoms with Gasteiger partial charge in [0.2, 0.25) is 12.3 Å². The summed E-state index contributed by atoms with van der Waals surface area (Å²) in [6, 6.07) is 21.6. The van der Waals surface area contributed by atoms with Crippen LogP contribution in [0.4, 0.5) is 5.69 Å². The number of pyridine rings is 1. The normalized spacial score (nSPS) is 9.85. The zero-order valence-corrected chi connectivity index (χ0v) is 24.3. The fourth-order valence-electron chi connectivity index (χ4n) is 2.93. The zero-order valence-electron chi connectivity index (χ0n) is 24.3. The highest BCUT2D eigenvalue weighted by atomic mass is 16.5. The molecule has 0 fully saturated rings. The number of nitrogens with zero attached hydrogens (tertiary/aromatic N) is 1. The zero-order chi connectivity index (χ0) is 29.1. The van der Waals surface area contributed by atoms with E-state index < -0.39 is 0 Å². The maximum atomic E-state index is 10.3. The number of nitrogens with one attached hydrogen (secondary N) is 2. The second kappa shape index (κ2) is 24.0. The van der Waals surface area contributed by atoms with Crippen molar-refractivity contribution in [1.82, 2.24) is 10.3 Å². The lowest BCUT2D eigenvalue weighted by Gasteiger charge is -2.09. The maximum absolute atomic E-state index is 10.3. The summed E-state index contributed by atoms with van der Waals surface area (Å²) in [6.45, 7) is 15.4. The molecule has 1 amide bonds. The van der Waals surface area contributed by atoms with Crippen LogP contribution in [-0.4, -0.2) is 25.1 Å². The Hall–Kier alpha value is -4.32. The van der Waals surface area contributed by atoms with Gasteiger partial charge in [-0.25, -0.2) is 4.98 Å². The predicted octanol–water partition coefficient (Wildman–Crippen LogP) is 7.75. The summed E-state index contributed by atoms with van der Waals surface area (Å²) in [5, 5.41) is 5.98. The van der Waals surface area contributed by atoms with Crippen molar-refractivity contribution in [2.75, 3.05) is 19.0 Å². The van der Waals surface area contributed by atoms with Crippen molar-refractivity contribution in [3.05, 3.63) is 121 Å². The van der Waals surface area contributed by atoms with E-state index in [1.807, 2.05) is 120 Å². The molecule has 0 saturated carbocycles. The molecule has 6 heteroatoms. The number of ether oxygens (including phenoxy) is 2. The highest BCUT2D eigenvalue weighted by Gasteiger charge is 1.99. The third-order valence-electron chi connectivity index (χ3n) is 4.79. The highest BCUT2D eigenvalue weighted by molar-refractivity contribution is 5.49. The summed E-state index contributed by atoms with van der Waals surface area (Å²) < 4.78 is 10.7. The van der Waals surface area contributed by atoms with E-state index in [1.165, 1.54) is 0 Å². The van der Waals surface area contributed by atoms with Crippen LogP contribution in [0.5, 0.6) is 11.6 Å². The lowest BCUT2D eigenvalue weighted by Crippen LogP contribution is -2.10. The average Bonchev–Trinajstić information content (AvgIpc) is 3.02. The molecule has 0 atom stereocenters. The number of aromatic nitrogens is 1. The van der Waals surface area contributed by atoms with Crippen molar-refractivity contribution in [3.63, 3.8) is 0 Å². The van der Waals surface area contributed by atoms with Crippen molar-refractivity contribution < 1.29 is 14.3 Å². The SMILES string of the molecule is C=C/C=C\C(=C/C)COc1ccccc1.CC.CC.COc1cc(CNc2cccc(CNC=O)c2)ccn1. The topological polar surface area (TPSA) is 72.5 Å². The number of hydrogen-bond donors (Lipinski definition) is 2. The van der Waals surface area contributed by atoms with Gasteiger partial charge in [0.1, 0.15) is 12.4 Å². The minimum absolute atomic E-state index is 0.530. The standard InChI is InChI=1S/C15H17N3O2.C14H16O.2C2H6/c1-20-15-8-13(5-6-17-15)10-18-14-4-2-3-12(7-14)9-16-11-19;1-3-5-9-13(4-2)12-15-14-10-7-6-8-11-14;2*1-2/h2-8,11,18H,9-10H2,1H3,(H,16,19);3-11H,1,12H2,2H3;2*1-2H3/b;9-5-,13-4+;;. The number of carbonyl (C=O) groups excluding carboxylic acids is 1. The lowest BCUT2D eigenvalue weighted by atomic mass is 10.2. The maximum Gasteiger partial charge on any atom is 0.213 e. The number of rotatable bonds is 12. The van der Waals surface area contributed by atoms with Crippen molar-refractivity contribution in [3.8, 4) is 11.6 Å². The van der Waals surface area contributed by atoms with Gasteiger partial charge < -0.3 is 20.1 Å². The number of amides is 1. The Balaban J connectivity index is 0.000000678. The van der Waals surface area contributed by atoms with Crippen molar-refractivity contribution in [2.24, 2.45) is 0 Å². The fourth-order valence-corrected chi connectivity index (χ4v) is 2.93. The third-order valence-corrected chi connectivity index (χ3v) is 4.79. The second-order valence-electron chi connectivity index (χ2n) is 7.32. The number of para-hydroxylation sites is 1. The number of methoxy groups -OCH3 is 1. The third kappa shape index (κ3) is 16.2. The fraction of sp³-hybridized carbons (Fsp3) is 0.273. The Labute approximate surface area is 235 Å². The van der Waals surface area contributed by atoms with E-state index in [1.54, 1.807) is 19.4 Å². The van der Waals surface area contributed by atoms with Crippen LogP contribution in [0, 0.1) is 0 Å². The lowest BCUT2D eigenvalue weighted by molar-refractivity contribution is -0.109. The minimum atomic E-state index is 0.530. The molecule has 2 N–H and O–H groups in total. The number of hydrogen-bond acceptors (Lipinski definition) is 5. The van der Waals surface area contributed by atoms with Crippen molar-refractivity contribution in [2.45, 2.75) is 47.7 Å². The summed E-state index contributed by atoms with van der Waals surface area (Å²) in [7, 11) is 1.60. The van der Waals surface area contributed by atoms with Crippen LogP contribution in [-0.2, 0) is 17.9 Å². The van der Waals surface area contributed by atoms with Gasteiger partial charge in [-0.3, -0.25) is 4.79 Å². The van der Waals surface area contributed by atoms with E-state index in [2.05, 4.69) is 22.2 Å². The van der Waals surface area contributed by atoms with E-state index in [0.717, 1.165) is 28.1 Å². The summed E-state index contributed by atoms with van der Waals surface area (Å²) in [4.78, 5) is 14.4. The van der Waals surface area contributed by atoms with E-state index in [0.29, 0.717) is 32.0 Å². The summed E-state index contributed by atoms with van der Waals surface area (Å²) in [6.07, 6.45) is 10.1. The Morgan fingerprint density at radius 2 is 1.67 bits per heavy atom. The number of carbonyl (C=O) groups is 1. The monoisotopic (exact) mass is 531 g/mol. The molecule has 0 unspecified atom stereocenters. The van der Waals surface area contributed by atoms with Gasteiger partial charge in [0, 0.05) is 31.0 Å². The first kappa shape index (κ1) is 34.7. The molecule has 6 nitrogen and oxygen atoms in total. The van der Waals surface area contributed by atoms with Crippen LogP contribution in [0.1, 0.15) is 45.7 Å². The molecule has 3 aromatic rings. The van der Waals surface area contributed by atoms with E-state index in [-0.39, 0.29) is 0 Å². The van der Waals surface area contributed by atoms with Gasteiger partial charge in [-0.2, -0.15) is 0 Å². The van der Waals surface area contributed by atoms with Gasteiger partial charge in [0.25, 0.3) is 0 Å². The molecule has 0 spiro atoms. The van der Waals surface area contributed by atoms with Crippen LogP contribution >= 0.6 is 0 Å². The number of allylic oxidation sites excluding steroid dienone is 3. The molecule has 0 aliphatic heterocycles. The first-order chi connectivity index (χ1) is 19.2. The molecule has 0 aliphatic carbocycles. The van der Waals surface area contributed by atoms with E-state index >= 15 is 0 Å². The molecule has 0 radical (unpaired) electrons. The van der Waals surface area contributed by atoms with Gasteiger partial charge in [-0.15, -0.1) is 0 Å². The summed E-state index contributed by atoms with van der Waals surface area (Å²) in [5.74, 6) is 1.50. The highest BCUT2D eigenvalue weighted by Crippen LogP contribution is 2.14. The summed E-state index contributed by atoms with van der Waals surface area (Å²) in [5.41, 5.74) is 4.28.